The molecule has 7 nitrogen and oxygen atoms in total. The number of hydrogen-bond acceptors (Lipinski definition) is 5. The van der Waals surface area contributed by atoms with E-state index in [1.54, 1.807) is 30.3 Å². The molecule has 0 amide bonds. The predicted octanol–water partition coefficient (Wildman–Crippen LogP) is 7.17. The fraction of sp³-hybridized carbons (Fsp3) is 0.394. The summed E-state index contributed by atoms with van der Waals surface area (Å²) in [6.45, 7) is 2.56. The van der Waals surface area contributed by atoms with Gasteiger partial charge in [-0.25, -0.2) is 14.2 Å². The molecule has 0 radical (unpaired) electrons. The van der Waals surface area contributed by atoms with Gasteiger partial charge in [0.05, 0.1) is 29.8 Å². The van der Waals surface area contributed by atoms with Gasteiger partial charge in [-0.15, -0.1) is 0 Å². The first-order chi connectivity index (χ1) is 20.8. The van der Waals surface area contributed by atoms with Gasteiger partial charge in [0, 0.05) is 28.1 Å². The largest absolute Gasteiger partial charge is 0.485 e. The van der Waals surface area contributed by atoms with E-state index in [2.05, 4.69) is 11.0 Å². The van der Waals surface area contributed by atoms with Crippen molar-refractivity contribution in [3.05, 3.63) is 88.0 Å². The third-order valence-electron chi connectivity index (χ3n) is 9.17. The number of benzene rings is 3. The number of nitrogens with zero attached hydrogens (tertiary/aromatic N) is 3. The average Bonchev–Trinajstić information content (AvgIpc) is 3.72. The Morgan fingerprint density at radius 3 is 2.63 bits per heavy atom. The van der Waals surface area contributed by atoms with Crippen molar-refractivity contribution in [1.82, 2.24) is 14.5 Å². The minimum atomic E-state index is -0.994. The molecule has 224 valence electrons. The topological polar surface area (TPSA) is 76.8 Å². The van der Waals surface area contributed by atoms with Gasteiger partial charge in [-0.1, -0.05) is 29.8 Å². The highest BCUT2D eigenvalue weighted by Gasteiger charge is 2.44. The molecule has 2 aliphatic heterocycles. The highest BCUT2D eigenvalue weighted by atomic mass is 35.5. The number of ether oxygens (including phenoxy) is 2. The molecule has 1 aromatic heterocycles. The molecular formula is C33H32ClF2N3O4. The number of piperidine rings is 1. The number of hydrogen-bond donors (Lipinski definition) is 1. The number of aromatic nitrogens is 2. The lowest BCUT2D eigenvalue weighted by Crippen LogP contribution is -2.34. The summed E-state index contributed by atoms with van der Waals surface area (Å²) in [5.41, 5.74) is 2.76. The van der Waals surface area contributed by atoms with Crippen LogP contribution in [0.4, 0.5) is 8.78 Å². The van der Waals surface area contributed by atoms with Gasteiger partial charge in [0.1, 0.15) is 18.2 Å². The molecule has 43 heavy (non-hydrogen) atoms. The van der Waals surface area contributed by atoms with Crippen LogP contribution < -0.4 is 9.47 Å². The van der Waals surface area contributed by atoms with Crippen molar-refractivity contribution >= 4 is 28.6 Å². The summed E-state index contributed by atoms with van der Waals surface area (Å²) in [4.78, 5) is 18.9. The second-order valence-corrected chi connectivity index (χ2v) is 12.5. The number of carboxylic acids is 1. The molecule has 3 heterocycles. The summed E-state index contributed by atoms with van der Waals surface area (Å²) in [6.07, 6.45) is 2.85. The molecule has 0 spiro atoms. The molecule has 7 rings (SSSR count). The lowest BCUT2D eigenvalue weighted by atomic mass is 9.88. The van der Waals surface area contributed by atoms with Crippen molar-refractivity contribution in [2.75, 3.05) is 26.4 Å². The number of carbonyl (C=O) groups is 1. The fourth-order valence-corrected chi connectivity index (χ4v) is 6.56. The molecule has 3 aliphatic rings. The van der Waals surface area contributed by atoms with Gasteiger partial charge in [-0.2, -0.15) is 0 Å². The number of likely N-dealkylation sites (tertiary alicyclic amines) is 1. The number of imidazole rings is 1. The maximum Gasteiger partial charge on any atom is 0.335 e. The summed E-state index contributed by atoms with van der Waals surface area (Å²) < 4.78 is 43.0. The molecule has 0 bridgehead atoms. The molecule has 3 aromatic carbocycles. The first-order valence-electron chi connectivity index (χ1n) is 14.7. The molecule has 1 atom stereocenters. The van der Waals surface area contributed by atoms with E-state index in [1.807, 2.05) is 16.7 Å². The van der Waals surface area contributed by atoms with Crippen LogP contribution in [0.3, 0.4) is 0 Å². The second kappa shape index (κ2) is 11.1. The molecule has 1 saturated carbocycles. The van der Waals surface area contributed by atoms with Crippen molar-refractivity contribution in [2.45, 2.75) is 50.8 Å². The zero-order valence-corrected chi connectivity index (χ0v) is 24.3. The van der Waals surface area contributed by atoms with E-state index >= 15 is 0 Å². The lowest BCUT2D eigenvalue weighted by Gasteiger charge is -2.35. The molecule has 10 heteroatoms. The number of alkyl halides is 1. The Morgan fingerprint density at radius 2 is 1.91 bits per heavy atom. The Morgan fingerprint density at radius 1 is 1.09 bits per heavy atom. The highest BCUT2D eigenvalue weighted by molar-refractivity contribution is 6.30. The standard InChI is InChI=1S/C33H32ClF2N3O4/c34-22-5-6-24(25(36)15-22)29-17-42-28-3-1-2-23(31(28)43-29)20-8-12-38(13-9-20)16-30-37-26-7-4-21(32(40)41)14-27(26)39(30)19-33(18-35)10-11-33/h1-7,14-15,20,29H,8-13,16-19H2,(H,40,41)/t29-/m1/s1. The van der Waals surface area contributed by atoms with Crippen LogP contribution in [0.15, 0.2) is 54.6 Å². The first kappa shape index (κ1) is 28.1. The number of halogens is 3. The van der Waals surface area contributed by atoms with Crippen LogP contribution in [-0.4, -0.2) is 51.9 Å². The molecule has 1 N–H and O–H groups in total. The van der Waals surface area contributed by atoms with Gasteiger partial charge < -0.3 is 19.1 Å². The number of carboxylic acid groups (broad SMARTS) is 1. The van der Waals surface area contributed by atoms with Crippen LogP contribution in [-0.2, 0) is 13.1 Å². The van der Waals surface area contributed by atoms with Gasteiger partial charge in [-0.05, 0) is 81.1 Å². The van der Waals surface area contributed by atoms with Gasteiger partial charge in [0.25, 0.3) is 0 Å². The van der Waals surface area contributed by atoms with Crippen molar-refractivity contribution in [3.8, 4) is 11.5 Å². The Labute approximate surface area is 253 Å². The Kier molecular flexibility index (Phi) is 7.26. The third-order valence-corrected chi connectivity index (χ3v) is 9.40. The average molecular weight is 608 g/mol. The van der Waals surface area contributed by atoms with Crippen molar-refractivity contribution in [1.29, 1.82) is 0 Å². The first-order valence-corrected chi connectivity index (χ1v) is 15.1. The van der Waals surface area contributed by atoms with Crippen molar-refractivity contribution in [2.24, 2.45) is 5.41 Å². The summed E-state index contributed by atoms with van der Waals surface area (Å²) in [5.74, 6) is 0.997. The monoisotopic (exact) mass is 607 g/mol. The predicted molar refractivity (Wildman–Crippen MR) is 158 cm³/mol. The minimum Gasteiger partial charge on any atom is -0.485 e. The van der Waals surface area contributed by atoms with E-state index < -0.39 is 24.6 Å². The van der Waals surface area contributed by atoms with Crippen LogP contribution in [0, 0.1) is 11.2 Å². The number of fused-ring (bicyclic) bond motifs is 2. The molecule has 1 saturated heterocycles. The summed E-state index contributed by atoms with van der Waals surface area (Å²) in [7, 11) is 0. The van der Waals surface area contributed by atoms with Gasteiger partial charge in [0.15, 0.2) is 17.6 Å². The summed E-state index contributed by atoms with van der Waals surface area (Å²) >= 11 is 5.95. The quantitative estimate of drug-likeness (QED) is 0.229. The van der Waals surface area contributed by atoms with E-state index in [0.717, 1.165) is 61.2 Å². The number of aromatic carboxylic acids is 1. The lowest BCUT2D eigenvalue weighted by molar-refractivity contribution is 0.0697. The van der Waals surface area contributed by atoms with Crippen LogP contribution in [0.2, 0.25) is 5.02 Å². The maximum atomic E-state index is 14.7. The maximum absolute atomic E-state index is 14.7. The molecule has 0 unspecified atom stereocenters. The van der Waals surface area contributed by atoms with Gasteiger partial charge >= 0.3 is 5.97 Å². The van der Waals surface area contributed by atoms with Crippen molar-refractivity contribution < 1.29 is 28.2 Å². The molecule has 2 fully saturated rings. The zero-order valence-electron chi connectivity index (χ0n) is 23.6. The van der Waals surface area contributed by atoms with Crippen LogP contribution in [0.5, 0.6) is 11.5 Å². The molecule has 1 aliphatic carbocycles. The van der Waals surface area contributed by atoms with E-state index in [1.165, 1.54) is 6.07 Å². The normalized spacial score (nSPS) is 19.9. The fourth-order valence-electron chi connectivity index (χ4n) is 6.40. The van der Waals surface area contributed by atoms with E-state index in [0.29, 0.717) is 35.2 Å². The molecule has 4 aromatic rings. The zero-order chi connectivity index (χ0) is 29.7. The van der Waals surface area contributed by atoms with E-state index in [-0.39, 0.29) is 23.5 Å². The number of para-hydroxylation sites is 1. The van der Waals surface area contributed by atoms with Gasteiger partial charge in [-0.3, -0.25) is 9.29 Å². The van der Waals surface area contributed by atoms with E-state index in [4.69, 9.17) is 26.1 Å². The minimum absolute atomic E-state index is 0.199. The Bertz CT molecular complexity index is 1700. The summed E-state index contributed by atoms with van der Waals surface area (Å²) in [6, 6.07) is 15.5. The Balaban J connectivity index is 1.09. The molecular weight excluding hydrogens is 576 g/mol. The Hall–Kier alpha value is -3.69. The summed E-state index contributed by atoms with van der Waals surface area (Å²) in [5, 5.41) is 9.88. The second-order valence-electron chi connectivity index (χ2n) is 12.1. The van der Waals surface area contributed by atoms with E-state index in [9.17, 15) is 18.7 Å². The highest BCUT2D eigenvalue weighted by Crippen LogP contribution is 2.48. The third kappa shape index (κ3) is 5.45. The van der Waals surface area contributed by atoms with Crippen LogP contribution in [0.25, 0.3) is 11.0 Å². The smallest absolute Gasteiger partial charge is 0.335 e. The van der Waals surface area contributed by atoms with Crippen molar-refractivity contribution in [3.63, 3.8) is 0 Å². The SMILES string of the molecule is O=C(O)c1ccc2nc(CN3CCC(c4cccc5c4O[C@@H](c4ccc(Cl)cc4F)CO5)CC3)n(CC3(CF)CC3)c2c1. The van der Waals surface area contributed by atoms with Crippen LogP contribution >= 0.6 is 11.6 Å². The number of rotatable bonds is 8. The van der Waals surface area contributed by atoms with Gasteiger partial charge in [0.2, 0.25) is 0 Å². The van der Waals surface area contributed by atoms with Crippen LogP contribution in [0.1, 0.15) is 65.0 Å².